The van der Waals surface area contributed by atoms with Crippen LogP contribution in [0.1, 0.15) is 19.4 Å². The Morgan fingerprint density at radius 1 is 1.15 bits per heavy atom. The summed E-state index contributed by atoms with van der Waals surface area (Å²) in [5, 5.41) is 8.83. The fourth-order valence-corrected chi connectivity index (χ4v) is 1.81. The summed E-state index contributed by atoms with van der Waals surface area (Å²) in [6, 6.07) is 9.48. The van der Waals surface area contributed by atoms with Crippen LogP contribution in [0.2, 0.25) is 0 Å². The molecular formula is C15H22N2O3. The molecule has 1 aromatic carbocycles. The van der Waals surface area contributed by atoms with Crippen molar-refractivity contribution in [3.63, 3.8) is 0 Å². The van der Waals surface area contributed by atoms with Gasteiger partial charge in [-0.3, -0.25) is 9.59 Å². The van der Waals surface area contributed by atoms with E-state index in [1.807, 2.05) is 44.2 Å². The van der Waals surface area contributed by atoms with E-state index < -0.39 is 11.8 Å². The predicted molar refractivity (Wildman–Crippen MR) is 76.9 cm³/mol. The van der Waals surface area contributed by atoms with Gasteiger partial charge < -0.3 is 14.9 Å². The van der Waals surface area contributed by atoms with E-state index in [1.54, 1.807) is 0 Å². The number of hydrogen-bond acceptors (Lipinski definition) is 3. The molecule has 0 aromatic heterocycles. The molecule has 0 aliphatic carbocycles. The Bertz CT molecular complexity index is 446. The monoisotopic (exact) mass is 278 g/mol. The number of aliphatic hydroxyl groups is 1. The zero-order chi connectivity index (χ0) is 15.1. The van der Waals surface area contributed by atoms with Crippen molar-refractivity contribution in [1.82, 2.24) is 9.80 Å². The van der Waals surface area contributed by atoms with E-state index in [4.69, 9.17) is 5.11 Å². The Balaban J connectivity index is 2.80. The minimum atomic E-state index is -0.594. The van der Waals surface area contributed by atoms with Crippen LogP contribution in [0.5, 0.6) is 0 Å². The Labute approximate surface area is 119 Å². The van der Waals surface area contributed by atoms with Gasteiger partial charge in [0.2, 0.25) is 0 Å². The molecular weight excluding hydrogens is 256 g/mol. The van der Waals surface area contributed by atoms with E-state index in [0.29, 0.717) is 6.54 Å². The van der Waals surface area contributed by atoms with E-state index in [1.165, 1.54) is 16.8 Å². The molecule has 0 radical (unpaired) electrons. The first kappa shape index (κ1) is 16.2. The van der Waals surface area contributed by atoms with Crippen LogP contribution < -0.4 is 0 Å². The average Bonchev–Trinajstić information content (AvgIpc) is 2.44. The number of carbonyl (C=O) groups excluding carboxylic acids is 2. The SMILES string of the molecule is CC(C)N(Cc1ccccc1)C(=O)C(=O)N(C)CCO. The zero-order valence-corrected chi connectivity index (χ0v) is 12.2. The highest BCUT2D eigenvalue weighted by molar-refractivity contribution is 6.34. The third-order valence-corrected chi connectivity index (χ3v) is 3.05. The Morgan fingerprint density at radius 3 is 2.25 bits per heavy atom. The van der Waals surface area contributed by atoms with E-state index in [-0.39, 0.29) is 19.2 Å². The number of carbonyl (C=O) groups is 2. The minimum Gasteiger partial charge on any atom is -0.395 e. The maximum atomic E-state index is 12.3. The first-order valence-corrected chi connectivity index (χ1v) is 6.68. The molecule has 20 heavy (non-hydrogen) atoms. The van der Waals surface area contributed by atoms with Crippen molar-refractivity contribution in [1.29, 1.82) is 0 Å². The van der Waals surface area contributed by atoms with Gasteiger partial charge in [-0.15, -0.1) is 0 Å². The second-order valence-corrected chi connectivity index (χ2v) is 4.96. The molecule has 110 valence electrons. The van der Waals surface area contributed by atoms with E-state index in [0.717, 1.165) is 5.56 Å². The van der Waals surface area contributed by atoms with Crippen LogP contribution in [-0.4, -0.2) is 53.0 Å². The summed E-state index contributed by atoms with van der Waals surface area (Å²) in [6.45, 7) is 4.15. The number of amides is 2. The van der Waals surface area contributed by atoms with E-state index in [9.17, 15) is 9.59 Å². The second-order valence-electron chi connectivity index (χ2n) is 4.96. The molecule has 0 unspecified atom stereocenters. The molecule has 1 aromatic rings. The van der Waals surface area contributed by atoms with Gasteiger partial charge in [-0.1, -0.05) is 30.3 Å². The topological polar surface area (TPSA) is 60.9 Å². The molecule has 5 heteroatoms. The summed E-state index contributed by atoms with van der Waals surface area (Å²) in [5.41, 5.74) is 0.979. The molecule has 0 bridgehead atoms. The fraction of sp³-hybridized carbons (Fsp3) is 0.467. The lowest BCUT2D eigenvalue weighted by atomic mass is 10.2. The molecule has 0 aliphatic heterocycles. The molecule has 0 heterocycles. The van der Waals surface area contributed by atoms with Gasteiger partial charge >= 0.3 is 11.8 Å². The fourth-order valence-electron chi connectivity index (χ4n) is 1.81. The van der Waals surface area contributed by atoms with Crippen LogP contribution in [0.25, 0.3) is 0 Å². The van der Waals surface area contributed by atoms with Crippen molar-refractivity contribution in [2.75, 3.05) is 20.2 Å². The van der Waals surface area contributed by atoms with Crippen molar-refractivity contribution in [2.45, 2.75) is 26.4 Å². The highest BCUT2D eigenvalue weighted by Gasteiger charge is 2.26. The van der Waals surface area contributed by atoms with Gasteiger partial charge in [0.05, 0.1) is 6.61 Å². The second kappa shape index (κ2) is 7.65. The number of rotatable bonds is 5. The van der Waals surface area contributed by atoms with Crippen LogP contribution in [0.15, 0.2) is 30.3 Å². The van der Waals surface area contributed by atoms with Crippen LogP contribution in [0, 0.1) is 0 Å². The van der Waals surface area contributed by atoms with Gasteiger partial charge in [0.1, 0.15) is 0 Å². The van der Waals surface area contributed by atoms with Crippen molar-refractivity contribution in [3.8, 4) is 0 Å². The van der Waals surface area contributed by atoms with Crippen molar-refractivity contribution >= 4 is 11.8 Å². The highest BCUT2D eigenvalue weighted by atomic mass is 16.3. The molecule has 0 aliphatic rings. The largest absolute Gasteiger partial charge is 0.395 e. The summed E-state index contributed by atoms with van der Waals surface area (Å²) in [4.78, 5) is 27.0. The van der Waals surface area contributed by atoms with Crippen LogP contribution >= 0.6 is 0 Å². The van der Waals surface area contributed by atoms with Crippen molar-refractivity contribution < 1.29 is 14.7 Å². The summed E-state index contributed by atoms with van der Waals surface area (Å²) < 4.78 is 0. The molecule has 0 saturated heterocycles. The standard InChI is InChI=1S/C15H22N2O3/c1-12(2)17(11-13-7-5-4-6-8-13)15(20)14(19)16(3)9-10-18/h4-8,12,18H,9-11H2,1-3H3. The third kappa shape index (κ3) is 4.35. The van der Waals surface area contributed by atoms with E-state index in [2.05, 4.69) is 0 Å². The summed E-state index contributed by atoms with van der Waals surface area (Å²) in [5.74, 6) is -1.14. The normalized spacial score (nSPS) is 10.4. The summed E-state index contributed by atoms with van der Waals surface area (Å²) >= 11 is 0. The number of aliphatic hydroxyl groups excluding tert-OH is 1. The Hall–Kier alpha value is -1.88. The lowest BCUT2D eigenvalue weighted by molar-refractivity contribution is -0.152. The quantitative estimate of drug-likeness (QED) is 0.813. The van der Waals surface area contributed by atoms with Gasteiger partial charge in [0.15, 0.2) is 0 Å². The highest BCUT2D eigenvalue weighted by Crippen LogP contribution is 2.09. The van der Waals surface area contributed by atoms with Gasteiger partial charge in [-0.05, 0) is 19.4 Å². The minimum absolute atomic E-state index is 0.0748. The number of nitrogens with zero attached hydrogens (tertiary/aromatic N) is 2. The van der Waals surface area contributed by atoms with Gasteiger partial charge in [0.25, 0.3) is 0 Å². The van der Waals surface area contributed by atoms with Gasteiger partial charge in [-0.2, -0.15) is 0 Å². The lowest BCUT2D eigenvalue weighted by Gasteiger charge is -2.28. The predicted octanol–water partition coefficient (Wildman–Crippen LogP) is 0.874. The summed E-state index contributed by atoms with van der Waals surface area (Å²) in [6.07, 6.45) is 0. The smallest absolute Gasteiger partial charge is 0.312 e. The maximum Gasteiger partial charge on any atom is 0.312 e. The Morgan fingerprint density at radius 2 is 1.75 bits per heavy atom. The van der Waals surface area contributed by atoms with Gasteiger partial charge in [0, 0.05) is 26.2 Å². The average molecular weight is 278 g/mol. The number of benzene rings is 1. The first-order chi connectivity index (χ1) is 9.47. The van der Waals surface area contributed by atoms with Crippen LogP contribution in [0.3, 0.4) is 0 Å². The molecule has 0 fully saturated rings. The Kier molecular flexibility index (Phi) is 6.18. The van der Waals surface area contributed by atoms with Crippen molar-refractivity contribution in [2.24, 2.45) is 0 Å². The molecule has 0 saturated carbocycles. The molecule has 2 amide bonds. The van der Waals surface area contributed by atoms with Gasteiger partial charge in [-0.25, -0.2) is 0 Å². The van der Waals surface area contributed by atoms with Crippen LogP contribution in [-0.2, 0) is 16.1 Å². The molecule has 1 rings (SSSR count). The molecule has 5 nitrogen and oxygen atoms in total. The zero-order valence-electron chi connectivity index (χ0n) is 12.2. The molecule has 0 spiro atoms. The first-order valence-electron chi connectivity index (χ1n) is 6.68. The summed E-state index contributed by atoms with van der Waals surface area (Å²) in [7, 11) is 1.51. The molecule has 1 N–H and O–H groups in total. The van der Waals surface area contributed by atoms with E-state index >= 15 is 0 Å². The van der Waals surface area contributed by atoms with Crippen molar-refractivity contribution in [3.05, 3.63) is 35.9 Å². The third-order valence-electron chi connectivity index (χ3n) is 3.05. The molecule has 0 atom stereocenters. The van der Waals surface area contributed by atoms with Crippen LogP contribution in [0.4, 0.5) is 0 Å². The maximum absolute atomic E-state index is 12.3. The lowest BCUT2D eigenvalue weighted by Crippen LogP contribution is -2.46. The number of hydrogen-bond donors (Lipinski definition) is 1. The number of likely N-dealkylation sites (N-methyl/N-ethyl adjacent to an activating group) is 1.